The van der Waals surface area contributed by atoms with Crippen molar-refractivity contribution in [3.63, 3.8) is 0 Å². The molecule has 98 valence electrons. The Balaban J connectivity index is 0.00000256. The van der Waals surface area contributed by atoms with E-state index in [0.29, 0.717) is 5.02 Å². The zero-order chi connectivity index (χ0) is 12.5. The molecule has 1 aromatic rings. The van der Waals surface area contributed by atoms with Crippen molar-refractivity contribution in [1.29, 1.82) is 0 Å². The van der Waals surface area contributed by atoms with Crippen LogP contribution in [0.1, 0.15) is 32.4 Å². The van der Waals surface area contributed by atoms with Gasteiger partial charge in [-0.3, -0.25) is 0 Å². The third kappa shape index (κ3) is 4.42. The Morgan fingerprint density at radius 3 is 2.29 bits per heavy atom. The van der Waals surface area contributed by atoms with Crippen molar-refractivity contribution in [3.8, 4) is 0 Å². The van der Waals surface area contributed by atoms with Gasteiger partial charge in [0.1, 0.15) is 0 Å². The van der Waals surface area contributed by atoms with E-state index in [-0.39, 0.29) is 17.8 Å². The first-order valence-electron chi connectivity index (χ1n) is 5.12. The lowest BCUT2D eigenvalue weighted by molar-refractivity contribution is 0.0401. The van der Waals surface area contributed by atoms with Crippen LogP contribution in [0.4, 0.5) is 0 Å². The summed E-state index contributed by atoms with van der Waals surface area (Å²) in [4.78, 5) is 0. The summed E-state index contributed by atoms with van der Waals surface area (Å²) < 4.78 is 0.795. The second-order valence-electron chi connectivity index (χ2n) is 5.01. The van der Waals surface area contributed by atoms with Crippen LogP contribution in [0, 0.1) is 5.41 Å². The van der Waals surface area contributed by atoms with Crippen molar-refractivity contribution < 1.29 is 5.11 Å². The van der Waals surface area contributed by atoms with Crippen LogP contribution in [0.2, 0.25) is 5.02 Å². The molecule has 17 heavy (non-hydrogen) atoms. The van der Waals surface area contributed by atoms with Crippen LogP contribution in [0.15, 0.2) is 22.7 Å². The maximum atomic E-state index is 10.1. The summed E-state index contributed by atoms with van der Waals surface area (Å²) in [5.74, 6) is 0. The Hall–Kier alpha value is 0.200. The molecule has 0 aliphatic carbocycles. The standard InChI is InChI=1S/C12H17BrClNO.ClH/c1-12(2,3)11(16)10(15)7-4-5-9(14)8(13)6-7;/h4-6,10-11,16H,15H2,1-3H3;1H/t10-,11-;/m1./s1. The molecule has 0 heterocycles. The number of nitrogens with two attached hydrogens (primary N) is 1. The lowest BCUT2D eigenvalue weighted by atomic mass is 9.82. The zero-order valence-electron chi connectivity index (χ0n) is 10.1. The predicted molar refractivity (Wildman–Crippen MR) is 78.8 cm³/mol. The van der Waals surface area contributed by atoms with E-state index >= 15 is 0 Å². The third-order valence-corrected chi connectivity index (χ3v) is 3.77. The van der Waals surface area contributed by atoms with Crippen molar-refractivity contribution >= 4 is 39.9 Å². The molecule has 0 bridgehead atoms. The monoisotopic (exact) mass is 341 g/mol. The van der Waals surface area contributed by atoms with Crippen molar-refractivity contribution in [2.24, 2.45) is 11.1 Å². The van der Waals surface area contributed by atoms with Crippen LogP contribution in [0.25, 0.3) is 0 Å². The number of halogens is 3. The van der Waals surface area contributed by atoms with Crippen LogP contribution in [-0.4, -0.2) is 11.2 Å². The minimum Gasteiger partial charge on any atom is -0.391 e. The molecule has 0 spiro atoms. The maximum absolute atomic E-state index is 10.1. The first-order chi connectivity index (χ1) is 7.23. The number of rotatable bonds is 2. The fraction of sp³-hybridized carbons (Fsp3) is 0.500. The molecule has 0 fully saturated rings. The van der Waals surface area contributed by atoms with E-state index < -0.39 is 12.1 Å². The lowest BCUT2D eigenvalue weighted by Gasteiger charge is -2.31. The molecular formula is C12H18BrCl2NO. The van der Waals surface area contributed by atoms with E-state index in [1.807, 2.05) is 32.9 Å². The van der Waals surface area contributed by atoms with Gasteiger partial charge in [-0.15, -0.1) is 12.4 Å². The van der Waals surface area contributed by atoms with Gasteiger partial charge in [0.2, 0.25) is 0 Å². The van der Waals surface area contributed by atoms with E-state index in [9.17, 15) is 5.11 Å². The normalized spacial score (nSPS) is 15.0. The Morgan fingerprint density at radius 1 is 1.35 bits per heavy atom. The molecular weight excluding hydrogens is 325 g/mol. The second-order valence-corrected chi connectivity index (χ2v) is 6.27. The SMILES string of the molecule is CC(C)(C)[C@H](O)[C@H](N)c1ccc(Cl)c(Br)c1.Cl. The molecule has 0 aliphatic rings. The van der Waals surface area contributed by atoms with E-state index in [1.165, 1.54) is 0 Å². The smallest absolute Gasteiger partial charge is 0.0780 e. The highest BCUT2D eigenvalue weighted by Crippen LogP contribution is 2.31. The van der Waals surface area contributed by atoms with Crippen LogP contribution in [0.3, 0.4) is 0 Å². The lowest BCUT2D eigenvalue weighted by Crippen LogP contribution is -2.36. The summed E-state index contributed by atoms with van der Waals surface area (Å²) in [6.45, 7) is 5.88. The summed E-state index contributed by atoms with van der Waals surface area (Å²) in [6.07, 6.45) is -0.597. The summed E-state index contributed by atoms with van der Waals surface area (Å²) in [7, 11) is 0. The van der Waals surface area contributed by atoms with Gasteiger partial charge in [-0.05, 0) is 39.0 Å². The summed E-state index contributed by atoms with van der Waals surface area (Å²) in [5, 5.41) is 10.7. The van der Waals surface area contributed by atoms with E-state index in [2.05, 4.69) is 15.9 Å². The molecule has 1 aromatic carbocycles. The molecule has 1 rings (SSSR count). The molecule has 3 N–H and O–H groups in total. The predicted octanol–water partition coefficient (Wildman–Crippen LogP) is 3.93. The van der Waals surface area contributed by atoms with Crippen molar-refractivity contribution in [1.82, 2.24) is 0 Å². The zero-order valence-corrected chi connectivity index (χ0v) is 13.2. The highest BCUT2D eigenvalue weighted by atomic mass is 79.9. The summed E-state index contributed by atoms with van der Waals surface area (Å²) in [6, 6.07) is 5.05. The minimum atomic E-state index is -0.597. The molecule has 2 nitrogen and oxygen atoms in total. The van der Waals surface area contributed by atoms with E-state index in [4.69, 9.17) is 17.3 Å². The Labute approximate surface area is 122 Å². The molecule has 0 saturated heterocycles. The highest BCUT2D eigenvalue weighted by molar-refractivity contribution is 9.10. The van der Waals surface area contributed by atoms with Gasteiger partial charge in [0.25, 0.3) is 0 Å². The molecule has 0 aromatic heterocycles. The van der Waals surface area contributed by atoms with Gasteiger partial charge >= 0.3 is 0 Å². The van der Waals surface area contributed by atoms with Gasteiger partial charge in [0.15, 0.2) is 0 Å². The average Bonchev–Trinajstić information content (AvgIpc) is 2.18. The summed E-state index contributed by atoms with van der Waals surface area (Å²) >= 11 is 9.25. The quantitative estimate of drug-likeness (QED) is 0.855. The van der Waals surface area contributed by atoms with Crippen molar-refractivity contribution in [2.45, 2.75) is 32.9 Å². The van der Waals surface area contributed by atoms with E-state index in [0.717, 1.165) is 10.0 Å². The number of hydrogen-bond donors (Lipinski definition) is 2. The first-order valence-corrected chi connectivity index (χ1v) is 6.29. The maximum Gasteiger partial charge on any atom is 0.0780 e. The fourth-order valence-corrected chi connectivity index (χ4v) is 1.95. The molecule has 0 saturated carbocycles. The minimum absolute atomic E-state index is 0. The second kappa shape index (κ2) is 6.39. The Kier molecular flexibility index (Phi) is 6.47. The molecule has 0 amide bonds. The largest absolute Gasteiger partial charge is 0.391 e. The van der Waals surface area contributed by atoms with Crippen LogP contribution in [0.5, 0.6) is 0 Å². The topological polar surface area (TPSA) is 46.2 Å². The van der Waals surface area contributed by atoms with Crippen molar-refractivity contribution in [3.05, 3.63) is 33.3 Å². The van der Waals surface area contributed by atoms with Gasteiger partial charge in [-0.1, -0.05) is 38.4 Å². The number of aliphatic hydroxyl groups excluding tert-OH is 1. The Morgan fingerprint density at radius 2 is 1.88 bits per heavy atom. The van der Waals surface area contributed by atoms with Gasteiger partial charge in [-0.25, -0.2) is 0 Å². The van der Waals surface area contributed by atoms with Crippen molar-refractivity contribution in [2.75, 3.05) is 0 Å². The fourth-order valence-electron chi connectivity index (χ4n) is 1.44. The van der Waals surface area contributed by atoms with Crippen LogP contribution < -0.4 is 5.73 Å². The van der Waals surface area contributed by atoms with Gasteiger partial charge < -0.3 is 10.8 Å². The van der Waals surface area contributed by atoms with Crippen LogP contribution >= 0.6 is 39.9 Å². The van der Waals surface area contributed by atoms with E-state index in [1.54, 1.807) is 6.07 Å². The first kappa shape index (κ1) is 17.2. The summed E-state index contributed by atoms with van der Waals surface area (Å²) in [5.41, 5.74) is 6.66. The third-order valence-electron chi connectivity index (χ3n) is 2.56. The molecule has 0 radical (unpaired) electrons. The number of benzene rings is 1. The molecule has 5 heteroatoms. The number of aliphatic hydroxyl groups is 1. The van der Waals surface area contributed by atoms with Gasteiger partial charge in [0, 0.05) is 4.47 Å². The molecule has 2 atom stereocenters. The molecule has 0 aliphatic heterocycles. The van der Waals surface area contributed by atoms with Gasteiger partial charge in [-0.2, -0.15) is 0 Å². The number of hydrogen-bond acceptors (Lipinski definition) is 2. The molecule has 0 unspecified atom stereocenters. The average molecular weight is 343 g/mol. The van der Waals surface area contributed by atoms with Gasteiger partial charge in [0.05, 0.1) is 17.2 Å². The highest BCUT2D eigenvalue weighted by Gasteiger charge is 2.29. The Bertz CT molecular complexity index is 379. The van der Waals surface area contributed by atoms with Crippen LogP contribution in [-0.2, 0) is 0 Å².